The fourth-order valence-electron chi connectivity index (χ4n) is 3.69. The Balaban J connectivity index is 1.22. The predicted molar refractivity (Wildman–Crippen MR) is 125 cm³/mol. The number of piperidine rings is 1. The number of hydrogen-bond donors (Lipinski definition) is 1. The number of aliphatic hydroxyl groups is 1. The number of rotatable bonds is 8. The molecule has 2 aromatic carbocycles. The van der Waals surface area contributed by atoms with E-state index in [1.165, 1.54) is 5.56 Å². The van der Waals surface area contributed by atoms with E-state index in [0.717, 1.165) is 31.2 Å². The smallest absolute Gasteiger partial charge is 0.146 e. The molecule has 1 aliphatic heterocycles. The quantitative estimate of drug-likeness (QED) is 0.510. The molecule has 0 saturated carbocycles. The highest BCUT2D eigenvalue weighted by Gasteiger charge is 2.33. The monoisotopic (exact) mass is 475 g/mol. The van der Waals surface area contributed by atoms with Crippen molar-refractivity contribution in [3.8, 4) is 11.5 Å². The Morgan fingerprint density at radius 2 is 1.72 bits per heavy atom. The lowest BCUT2D eigenvalue weighted by Crippen LogP contribution is -2.47. The minimum atomic E-state index is -0.842. The number of imidazole rings is 1. The number of likely N-dealkylation sites (tertiary alicyclic amines) is 1. The fourth-order valence-corrected chi connectivity index (χ4v) is 3.98. The van der Waals surface area contributed by atoms with Gasteiger partial charge in [-0.25, -0.2) is 4.98 Å². The zero-order valence-corrected chi connectivity index (χ0v) is 19.5. The minimum Gasteiger partial charge on any atom is -0.491 e. The molecule has 0 amide bonds. The van der Waals surface area contributed by atoms with Gasteiger partial charge in [-0.2, -0.15) is 0 Å². The third kappa shape index (κ3) is 5.95. The van der Waals surface area contributed by atoms with Gasteiger partial charge < -0.3 is 19.1 Å². The molecule has 2 heterocycles. The van der Waals surface area contributed by atoms with E-state index in [9.17, 15) is 5.11 Å². The average Bonchev–Trinajstić information content (AvgIpc) is 3.21. The normalized spacial score (nSPS) is 16.1. The summed E-state index contributed by atoms with van der Waals surface area (Å²) < 4.78 is 13.5. The van der Waals surface area contributed by atoms with E-state index >= 15 is 0 Å². The van der Waals surface area contributed by atoms with Crippen molar-refractivity contribution in [2.75, 3.05) is 19.7 Å². The van der Waals surface area contributed by atoms with Gasteiger partial charge in [-0.1, -0.05) is 35.3 Å². The van der Waals surface area contributed by atoms with Crippen LogP contribution in [-0.2, 0) is 20.2 Å². The first-order valence-corrected chi connectivity index (χ1v) is 11.4. The van der Waals surface area contributed by atoms with Crippen LogP contribution in [0.2, 0.25) is 10.0 Å². The van der Waals surface area contributed by atoms with Gasteiger partial charge in [-0.15, -0.1) is 0 Å². The molecule has 0 unspecified atom stereocenters. The van der Waals surface area contributed by atoms with Crippen molar-refractivity contribution < 1.29 is 14.6 Å². The van der Waals surface area contributed by atoms with Crippen LogP contribution in [0, 0.1) is 0 Å². The topological polar surface area (TPSA) is 59.8 Å². The van der Waals surface area contributed by atoms with Gasteiger partial charge in [0.05, 0.1) is 10.0 Å². The van der Waals surface area contributed by atoms with Crippen LogP contribution in [0.5, 0.6) is 11.5 Å². The molecule has 3 aromatic rings. The van der Waals surface area contributed by atoms with Crippen LogP contribution < -0.4 is 9.47 Å². The highest BCUT2D eigenvalue weighted by molar-refractivity contribution is 6.42. The van der Waals surface area contributed by atoms with Crippen LogP contribution in [-0.4, -0.2) is 44.9 Å². The van der Waals surface area contributed by atoms with E-state index in [2.05, 4.69) is 22.0 Å². The minimum absolute atomic E-state index is 0.237. The average molecular weight is 476 g/mol. The summed E-state index contributed by atoms with van der Waals surface area (Å²) in [6.07, 6.45) is 4.97. The maximum Gasteiger partial charge on any atom is 0.146 e. The summed E-state index contributed by atoms with van der Waals surface area (Å²) in [5.74, 6) is 2.32. The first kappa shape index (κ1) is 22.9. The van der Waals surface area contributed by atoms with Gasteiger partial charge in [0.25, 0.3) is 0 Å². The van der Waals surface area contributed by atoms with E-state index in [0.29, 0.717) is 35.2 Å². The number of aryl methyl sites for hydroxylation is 1. The molecular weight excluding hydrogens is 449 g/mol. The molecule has 1 aliphatic rings. The maximum atomic E-state index is 10.9. The van der Waals surface area contributed by atoms with Crippen LogP contribution in [0.4, 0.5) is 0 Å². The second-order valence-corrected chi connectivity index (χ2v) is 9.07. The molecule has 0 aliphatic carbocycles. The lowest BCUT2D eigenvalue weighted by molar-refractivity contribution is -0.0537. The first-order chi connectivity index (χ1) is 15.4. The summed E-state index contributed by atoms with van der Waals surface area (Å²) in [5.41, 5.74) is 0.373. The summed E-state index contributed by atoms with van der Waals surface area (Å²) in [6.45, 7) is 3.12. The SMILES string of the molecule is Cn1ccnc1COc1ccc(CN2CCC(O)(COc3ccc(Cl)c(Cl)c3)CC2)cc1. The zero-order valence-electron chi connectivity index (χ0n) is 18.0. The molecule has 4 rings (SSSR count). The Morgan fingerprint density at radius 1 is 1.00 bits per heavy atom. The van der Waals surface area contributed by atoms with E-state index in [4.69, 9.17) is 32.7 Å². The molecule has 1 N–H and O–H groups in total. The van der Waals surface area contributed by atoms with E-state index < -0.39 is 5.60 Å². The van der Waals surface area contributed by atoms with Crippen LogP contribution >= 0.6 is 23.2 Å². The van der Waals surface area contributed by atoms with Crippen molar-refractivity contribution in [2.24, 2.45) is 7.05 Å². The summed E-state index contributed by atoms with van der Waals surface area (Å²) in [6, 6.07) is 13.3. The Labute approximate surface area is 198 Å². The largest absolute Gasteiger partial charge is 0.491 e. The van der Waals surface area contributed by atoms with E-state index in [-0.39, 0.29) is 6.61 Å². The summed E-state index contributed by atoms with van der Waals surface area (Å²) in [7, 11) is 1.95. The predicted octanol–water partition coefficient (Wildman–Crippen LogP) is 4.71. The zero-order chi connectivity index (χ0) is 22.6. The number of nitrogens with zero attached hydrogens (tertiary/aromatic N) is 3. The molecule has 0 atom stereocenters. The van der Waals surface area contributed by atoms with Gasteiger partial charge in [-0.05, 0) is 42.7 Å². The Kier molecular flexibility index (Phi) is 7.26. The lowest BCUT2D eigenvalue weighted by atomic mass is 9.92. The maximum absolute atomic E-state index is 10.9. The standard InChI is InChI=1S/C24H27Cl2N3O3/c1-28-13-10-27-23(28)16-31-19-4-2-18(3-5-19)15-29-11-8-24(30,9-12-29)17-32-20-6-7-21(25)22(26)14-20/h2-7,10,13-14,30H,8-9,11-12,15-17H2,1H3. The van der Waals surface area contributed by atoms with Gasteiger partial charge in [-0.3, -0.25) is 4.90 Å². The third-order valence-corrected chi connectivity index (χ3v) is 6.54. The number of halogens is 2. The highest BCUT2D eigenvalue weighted by Crippen LogP contribution is 2.29. The lowest BCUT2D eigenvalue weighted by Gasteiger charge is -2.38. The second-order valence-electron chi connectivity index (χ2n) is 8.25. The van der Waals surface area contributed by atoms with Crippen molar-refractivity contribution in [2.45, 2.75) is 31.6 Å². The fraction of sp³-hybridized carbons (Fsp3) is 0.375. The molecular formula is C24H27Cl2N3O3. The molecule has 0 bridgehead atoms. The number of aromatic nitrogens is 2. The number of ether oxygens (including phenoxy) is 2. The first-order valence-electron chi connectivity index (χ1n) is 10.6. The van der Waals surface area contributed by atoms with Crippen molar-refractivity contribution in [3.05, 3.63) is 76.3 Å². The van der Waals surface area contributed by atoms with Gasteiger partial charge in [0.1, 0.15) is 36.1 Å². The Bertz CT molecular complexity index is 1030. The highest BCUT2D eigenvalue weighted by atomic mass is 35.5. The number of benzene rings is 2. The summed E-state index contributed by atoms with van der Waals surface area (Å²) >= 11 is 12.0. The van der Waals surface area contributed by atoms with Crippen LogP contribution in [0.25, 0.3) is 0 Å². The molecule has 0 spiro atoms. The van der Waals surface area contributed by atoms with Crippen molar-refractivity contribution in [3.63, 3.8) is 0 Å². The molecule has 1 saturated heterocycles. The van der Waals surface area contributed by atoms with Crippen molar-refractivity contribution in [1.29, 1.82) is 0 Å². The van der Waals surface area contributed by atoms with Crippen LogP contribution in [0.1, 0.15) is 24.2 Å². The second kappa shape index (κ2) is 10.1. The van der Waals surface area contributed by atoms with E-state index in [1.807, 2.05) is 29.9 Å². The molecule has 1 aromatic heterocycles. The van der Waals surface area contributed by atoms with Gasteiger partial charge in [0.15, 0.2) is 0 Å². The van der Waals surface area contributed by atoms with Gasteiger partial charge >= 0.3 is 0 Å². The molecule has 170 valence electrons. The van der Waals surface area contributed by atoms with Gasteiger partial charge in [0, 0.05) is 45.1 Å². The van der Waals surface area contributed by atoms with Crippen molar-refractivity contribution in [1.82, 2.24) is 14.5 Å². The van der Waals surface area contributed by atoms with Crippen molar-refractivity contribution >= 4 is 23.2 Å². The Morgan fingerprint density at radius 3 is 2.38 bits per heavy atom. The van der Waals surface area contributed by atoms with Crippen LogP contribution in [0.3, 0.4) is 0 Å². The molecule has 32 heavy (non-hydrogen) atoms. The molecule has 0 radical (unpaired) electrons. The summed E-state index contributed by atoms with van der Waals surface area (Å²) in [5, 5.41) is 11.8. The van der Waals surface area contributed by atoms with E-state index in [1.54, 1.807) is 24.4 Å². The van der Waals surface area contributed by atoms with Gasteiger partial charge in [0.2, 0.25) is 0 Å². The summed E-state index contributed by atoms with van der Waals surface area (Å²) in [4.78, 5) is 6.61. The van der Waals surface area contributed by atoms with Crippen LogP contribution in [0.15, 0.2) is 54.9 Å². The third-order valence-electron chi connectivity index (χ3n) is 5.80. The molecule has 1 fully saturated rings. The number of hydrogen-bond acceptors (Lipinski definition) is 5. The molecule has 8 heteroatoms. The Hall–Kier alpha value is -2.25. The molecule has 6 nitrogen and oxygen atoms in total.